The molecule has 2 aromatic heterocycles. The normalized spacial score (nSPS) is 16.6. The van der Waals surface area contributed by atoms with Crippen molar-refractivity contribution in [3.63, 3.8) is 0 Å². The van der Waals surface area contributed by atoms with Crippen LogP contribution in [0.15, 0.2) is 68.6 Å². The van der Waals surface area contributed by atoms with Crippen LogP contribution in [0.5, 0.6) is 5.88 Å². The van der Waals surface area contributed by atoms with Crippen LogP contribution < -0.4 is 10.5 Å². The second-order valence-corrected chi connectivity index (χ2v) is 7.07. The van der Waals surface area contributed by atoms with E-state index in [4.69, 9.17) is 14.9 Å². The summed E-state index contributed by atoms with van der Waals surface area (Å²) in [5.74, 6) is 0.754. The molecule has 0 fully saturated rings. The van der Waals surface area contributed by atoms with Gasteiger partial charge in [-0.15, -0.1) is 5.10 Å². The second-order valence-electron chi connectivity index (χ2n) is 6.15. The topological polar surface area (TPSA) is 101 Å². The van der Waals surface area contributed by atoms with Crippen LogP contribution in [-0.2, 0) is 0 Å². The van der Waals surface area contributed by atoms with Crippen molar-refractivity contribution in [2.45, 2.75) is 12.8 Å². The third kappa shape index (κ3) is 3.04. The first-order valence-electron chi connectivity index (χ1n) is 8.22. The van der Waals surface area contributed by atoms with Crippen LogP contribution in [0.4, 0.5) is 0 Å². The third-order valence-corrected chi connectivity index (χ3v) is 4.97. The largest absolute Gasteiger partial charge is 0.465 e. The number of hydrogen-bond donors (Lipinski definition) is 2. The molecule has 0 spiro atoms. The van der Waals surface area contributed by atoms with E-state index in [-0.39, 0.29) is 11.8 Å². The van der Waals surface area contributed by atoms with Crippen molar-refractivity contribution >= 4 is 22.0 Å². The molecule has 4 rings (SSSR count). The summed E-state index contributed by atoms with van der Waals surface area (Å²) < 4.78 is 12.0. The fourth-order valence-electron chi connectivity index (χ4n) is 3.22. The number of rotatable bonds is 3. The molecule has 1 unspecified atom stereocenters. The van der Waals surface area contributed by atoms with Crippen LogP contribution in [0, 0.1) is 11.3 Å². The molecule has 3 heterocycles. The van der Waals surface area contributed by atoms with Gasteiger partial charge in [0.2, 0.25) is 11.8 Å². The summed E-state index contributed by atoms with van der Waals surface area (Å²) in [6, 6.07) is 13.7. The summed E-state index contributed by atoms with van der Waals surface area (Å²) in [6.45, 7) is 1.94. The van der Waals surface area contributed by atoms with Crippen molar-refractivity contribution < 1.29 is 9.15 Å². The lowest BCUT2D eigenvalue weighted by molar-refractivity contribution is 0.378. The SMILES string of the molecule is C/C(=C\c1ccco1)C1C(C#N)=C(N)Oc2n[nH]c(-c3ccc(Br)cc3)c21. The van der Waals surface area contributed by atoms with Crippen molar-refractivity contribution in [2.75, 3.05) is 0 Å². The van der Waals surface area contributed by atoms with E-state index >= 15 is 0 Å². The number of aromatic nitrogens is 2. The Labute approximate surface area is 164 Å². The van der Waals surface area contributed by atoms with Crippen LogP contribution in [0.1, 0.15) is 24.2 Å². The zero-order valence-corrected chi connectivity index (χ0v) is 15.9. The van der Waals surface area contributed by atoms with E-state index in [1.807, 2.05) is 49.4 Å². The first-order chi connectivity index (χ1) is 13.1. The average molecular weight is 423 g/mol. The minimum absolute atomic E-state index is 0.0658. The lowest BCUT2D eigenvalue weighted by Gasteiger charge is -2.24. The Bertz CT molecular complexity index is 1090. The van der Waals surface area contributed by atoms with Crippen molar-refractivity contribution in [1.82, 2.24) is 10.2 Å². The Hall–Kier alpha value is -3.24. The number of aromatic amines is 1. The molecule has 3 N–H and O–H groups in total. The van der Waals surface area contributed by atoms with Gasteiger partial charge in [-0.1, -0.05) is 33.6 Å². The Balaban J connectivity index is 1.89. The van der Waals surface area contributed by atoms with E-state index in [2.05, 4.69) is 32.2 Å². The highest BCUT2D eigenvalue weighted by atomic mass is 79.9. The summed E-state index contributed by atoms with van der Waals surface area (Å²) in [7, 11) is 0. The minimum Gasteiger partial charge on any atom is -0.465 e. The molecule has 1 atom stereocenters. The molecule has 3 aromatic rings. The van der Waals surface area contributed by atoms with Gasteiger partial charge in [0.1, 0.15) is 17.4 Å². The average Bonchev–Trinajstić information content (AvgIpc) is 3.31. The molecule has 6 nitrogen and oxygen atoms in total. The first-order valence-corrected chi connectivity index (χ1v) is 9.01. The minimum atomic E-state index is -0.388. The highest BCUT2D eigenvalue weighted by Gasteiger charge is 2.35. The number of H-pyrrole nitrogens is 1. The summed E-state index contributed by atoms with van der Waals surface area (Å²) in [5.41, 5.74) is 9.75. The van der Waals surface area contributed by atoms with Gasteiger partial charge in [-0.2, -0.15) is 5.26 Å². The number of nitriles is 1. The number of halogens is 1. The molecule has 0 amide bonds. The molecular weight excluding hydrogens is 408 g/mol. The van der Waals surface area contributed by atoms with Gasteiger partial charge in [0.05, 0.1) is 23.4 Å². The van der Waals surface area contributed by atoms with E-state index in [1.165, 1.54) is 0 Å². The van der Waals surface area contributed by atoms with E-state index in [1.54, 1.807) is 6.26 Å². The molecule has 0 aliphatic carbocycles. The van der Waals surface area contributed by atoms with Crippen molar-refractivity contribution in [3.8, 4) is 23.2 Å². The Morgan fingerprint density at radius 1 is 1.33 bits per heavy atom. The molecule has 1 aliphatic heterocycles. The maximum absolute atomic E-state index is 9.71. The van der Waals surface area contributed by atoms with Gasteiger partial charge in [0, 0.05) is 10.0 Å². The maximum Gasteiger partial charge on any atom is 0.244 e. The predicted octanol–water partition coefficient (Wildman–Crippen LogP) is 4.71. The summed E-state index contributed by atoms with van der Waals surface area (Å²) in [4.78, 5) is 0. The zero-order valence-electron chi connectivity index (χ0n) is 14.4. The fraction of sp³-hybridized carbons (Fsp3) is 0.100. The summed E-state index contributed by atoms with van der Waals surface area (Å²) in [5, 5.41) is 17.0. The monoisotopic (exact) mass is 422 g/mol. The van der Waals surface area contributed by atoms with Gasteiger partial charge >= 0.3 is 0 Å². The van der Waals surface area contributed by atoms with Crippen molar-refractivity contribution in [3.05, 3.63) is 75.5 Å². The summed E-state index contributed by atoms with van der Waals surface area (Å²) in [6.07, 6.45) is 3.50. The predicted molar refractivity (Wildman–Crippen MR) is 104 cm³/mol. The number of nitrogens with two attached hydrogens (primary N) is 1. The van der Waals surface area contributed by atoms with E-state index in [0.717, 1.165) is 26.9 Å². The highest BCUT2D eigenvalue weighted by Crippen LogP contribution is 2.46. The van der Waals surface area contributed by atoms with Gasteiger partial charge in [-0.25, -0.2) is 0 Å². The van der Waals surface area contributed by atoms with E-state index < -0.39 is 0 Å². The standard InChI is InChI=1S/C20H15BrN4O2/c1-11(9-14-3-2-8-26-14)16-15(10-22)19(23)27-20-17(16)18(24-25-20)12-4-6-13(21)7-5-12/h2-9,16H,23H2,1H3,(H,24,25)/b11-9+. The molecule has 0 bridgehead atoms. The smallest absolute Gasteiger partial charge is 0.244 e. The number of allylic oxidation sites excluding steroid dienone is 2. The molecular formula is C20H15BrN4O2. The Morgan fingerprint density at radius 3 is 2.78 bits per heavy atom. The lowest BCUT2D eigenvalue weighted by Crippen LogP contribution is -2.20. The number of ether oxygens (including phenoxy) is 1. The number of nitrogens with one attached hydrogen (secondary N) is 1. The van der Waals surface area contributed by atoms with Crippen LogP contribution in [0.2, 0.25) is 0 Å². The molecule has 27 heavy (non-hydrogen) atoms. The zero-order chi connectivity index (χ0) is 19.0. The van der Waals surface area contributed by atoms with Gasteiger partial charge < -0.3 is 14.9 Å². The van der Waals surface area contributed by atoms with Crippen LogP contribution in [-0.4, -0.2) is 10.2 Å². The van der Waals surface area contributed by atoms with Gasteiger partial charge in [0.25, 0.3) is 0 Å². The van der Waals surface area contributed by atoms with Gasteiger partial charge in [-0.3, -0.25) is 5.10 Å². The van der Waals surface area contributed by atoms with Crippen molar-refractivity contribution in [1.29, 1.82) is 5.26 Å². The Kier molecular flexibility index (Phi) is 4.34. The van der Waals surface area contributed by atoms with Gasteiger partial charge in [-0.05, 0) is 37.3 Å². The fourth-order valence-corrected chi connectivity index (χ4v) is 3.48. The lowest BCUT2D eigenvalue weighted by atomic mass is 9.83. The Morgan fingerprint density at radius 2 is 2.11 bits per heavy atom. The van der Waals surface area contributed by atoms with Crippen LogP contribution in [0.25, 0.3) is 17.3 Å². The van der Waals surface area contributed by atoms with E-state index in [0.29, 0.717) is 17.2 Å². The third-order valence-electron chi connectivity index (χ3n) is 4.44. The van der Waals surface area contributed by atoms with Crippen molar-refractivity contribution in [2.24, 2.45) is 5.73 Å². The highest BCUT2D eigenvalue weighted by molar-refractivity contribution is 9.10. The molecule has 1 aliphatic rings. The molecule has 0 saturated heterocycles. The molecule has 0 radical (unpaired) electrons. The second kappa shape index (κ2) is 6.82. The number of fused-ring (bicyclic) bond motifs is 1. The van der Waals surface area contributed by atoms with Crippen LogP contribution in [0.3, 0.4) is 0 Å². The molecule has 0 saturated carbocycles. The molecule has 1 aromatic carbocycles. The van der Waals surface area contributed by atoms with E-state index in [9.17, 15) is 5.26 Å². The number of hydrogen-bond acceptors (Lipinski definition) is 5. The summed E-state index contributed by atoms with van der Waals surface area (Å²) >= 11 is 3.44. The van der Waals surface area contributed by atoms with Crippen LogP contribution >= 0.6 is 15.9 Å². The number of furan rings is 1. The quantitative estimate of drug-likeness (QED) is 0.636. The molecule has 134 valence electrons. The maximum atomic E-state index is 9.71. The van der Waals surface area contributed by atoms with Gasteiger partial charge in [0.15, 0.2) is 0 Å². The first kappa shape index (κ1) is 17.2. The number of nitrogens with zero attached hydrogens (tertiary/aromatic N) is 2. The number of benzene rings is 1. The molecule has 7 heteroatoms.